The van der Waals surface area contributed by atoms with Gasteiger partial charge in [-0.15, -0.1) is 0 Å². The highest BCUT2D eigenvalue weighted by atomic mass is 79.9. The van der Waals surface area contributed by atoms with Gasteiger partial charge in [0.1, 0.15) is 0 Å². The molecule has 1 aromatic carbocycles. The predicted molar refractivity (Wildman–Crippen MR) is 72.0 cm³/mol. The SMILES string of the molecule is NCC(=O)NC1CCN(c2ccccc2Br)C1. The topological polar surface area (TPSA) is 58.4 Å². The lowest BCUT2D eigenvalue weighted by atomic mass is 10.2. The summed E-state index contributed by atoms with van der Waals surface area (Å²) in [5.41, 5.74) is 6.46. The Morgan fingerprint density at radius 1 is 1.53 bits per heavy atom. The van der Waals surface area contributed by atoms with Crippen LogP contribution in [-0.4, -0.2) is 31.6 Å². The molecule has 0 saturated carbocycles. The molecule has 17 heavy (non-hydrogen) atoms. The number of hydrogen-bond donors (Lipinski definition) is 2. The summed E-state index contributed by atoms with van der Waals surface area (Å²) in [6, 6.07) is 8.33. The van der Waals surface area contributed by atoms with E-state index in [9.17, 15) is 4.79 Å². The molecule has 5 heteroatoms. The fourth-order valence-electron chi connectivity index (χ4n) is 2.09. The fourth-order valence-corrected chi connectivity index (χ4v) is 2.63. The number of carbonyl (C=O) groups is 1. The number of halogens is 1. The lowest BCUT2D eigenvalue weighted by molar-refractivity contribution is -0.120. The second kappa shape index (κ2) is 5.51. The maximum atomic E-state index is 11.2. The third kappa shape index (κ3) is 2.98. The Morgan fingerprint density at radius 2 is 2.29 bits per heavy atom. The first-order valence-corrected chi connectivity index (χ1v) is 6.49. The third-order valence-electron chi connectivity index (χ3n) is 2.93. The van der Waals surface area contributed by atoms with Crippen LogP contribution in [0.25, 0.3) is 0 Å². The lowest BCUT2D eigenvalue weighted by Crippen LogP contribution is -2.40. The zero-order chi connectivity index (χ0) is 12.3. The summed E-state index contributed by atoms with van der Waals surface area (Å²) in [5.74, 6) is -0.0797. The molecule has 3 N–H and O–H groups in total. The van der Waals surface area contributed by atoms with Crippen LogP contribution in [0.5, 0.6) is 0 Å². The number of anilines is 1. The van der Waals surface area contributed by atoms with E-state index >= 15 is 0 Å². The van der Waals surface area contributed by atoms with Crippen LogP contribution in [0.2, 0.25) is 0 Å². The summed E-state index contributed by atoms with van der Waals surface area (Å²) in [4.78, 5) is 13.5. The third-order valence-corrected chi connectivity index (χ3v) is 3.60. The van der Waals surface area contributed by atoms with Gasteiger partial charge >= 0.3 is 0 Å². The molecule has 92 valence electrons. The van der Waals surface area contributed by atoms with Gasteiger partial charge in [-0.25, -0.2) is 0 Å². The minimum atomic E-state index is -0.0797. The normalized spacial score (nSPS) is 19.4. The molecule has 0 spiro atoms. The highest BCUT2D eigenvalue weighted by Crippen LogP contribution is 2.28. The maximum absolute atomic E-state index is 11.2. The molecule has 2 rings (SSSR count). The highest BCUT2D eigenvalue weighted by Gasteiger charge is 2.24. The standard InChI is InChI=1S/C12H16BrN3O/c13-10-3-1-2-4-11(10)16-6-5-9(8-16)15-12(17)7-14/h1-4,9H,5-8,14H2,(H,15,17). The van der Waals surface area contributed by atoms with Crippen LogP contribution < -0.4 is 16.0 Å². The molecule has 1 aromatic rings. The van der Waals surface area contributed by atoms with Crippen LogP contribution in [0.15, 0.2) is 28.7 Å². The van der Waals surface area contributed by atoms with E-state index in [0.29, 0.717) is 0 Å². The van der Waals surface area contributed by atoms with Gasteiger partial charge in [-0.1, -0.05) is 12.1 Å². The van der Waals surface area contributed by atoms with Crippen molar-refractivity contribution in [2.24, 2.45) is 5.73 Å². The van der Waals surface area contributed by atoms with Crippen molar-refractivity contribution in [1.29, 1.82) is 0 Å². The van der Waals surface area contributed by atoms with E-state index < -0.39 is 0 Å². The number of rotatable bonds is 3. The first kappa shape index (κ1) is 12.4. The predicted octanol–water partition coefficient (Wildman–Crippen LogP) is 1.10. The van der Waals surface area contributed by atoms with Gasteiger partial charge in [0, 0.05) is 23.6 Å². The van der Waals surface area contributed by atoms with E-state index in [-0.39, 0.29) is 18.5 Å². The second-order valence-electron chi connectivity index (χ2n) is 4.15. The van der Waals surface area contributed by atoms with Crippen LogP contribution in [0.4, 0.5) is 5.69 Å². The Hall–Kier alpha value is -1.07. The molecule has 1 heterocycles. The van der Waals surface area contributed by atoms with Crippen LogP contribution in [0.1, 0.15) is 6.42 Å². The summed E-state index contributed by atoms with van der Waals surface area (Å²) in [6.45, 7) is 1.86. The first-order chi connectivity index (χ1) is 8.20. The van der Waals surface area contributed by atoms with Crippen LogP contribution in [0.3, 0.4) is 0 Å². The van der Waals surface area contributed by atoms with Crippen molar-refractivity contribution in [2.45, 2.75) is 12.5 Å². The molecule has 1 fully saturated rings. The fraction of sp³-hybridized carbons (Fsp3) is 0.417. The van der Waals surface area contributed by atoms with Crippen molar-refractivity contribution in [1.82, 2.24) is 5.32 Å². The zero-order valence-electron chi connectivity index (χ0n) is 9.53. The smallest absolute Gasteiger partial charge is 0.234 e. The Morgan fingerprint density at radius 3 is 3.00 bits per heavy atom. The van der Waals surface area contributed by atoms with Gasteiger partial charge < -0.3 is 16.0 Å². The van der Waals surface area contributed by atoms with Crippen molar-refractivity contribution >= 4 is 27.5 Å². The zero-order valence-corrected chi connectivity index (χ0v) is 11.1. The Balaban J connectivity index is 1.98. The quantitative estimate of drug-likeness (QED) is 0.878. The van der Waals surface area contributed by atoms with Gasteiger partial charge in [-0.3, -0.25) is 4.79 Å². The number of benzene rings is 1. The van der Waals surface area contributed by atoms with Gasteiger partial charge in [0.15, 0.2) is 0 Å². The molecule has 0 bridgehead atoms. The van der Waals surface area contributed by atoms with Crippen LogP contribution in [0, 0.1) is 0 Å². The Bertz CT molecular complexity index is 410. The summed E-state index contributed by atoms with van der Waals surface area (Å²) in [5, 5.41) is 2.93. The molecule has 1 aliphatic heterocycles. The van der Waals surface area contributed by atoms with Crippen molar-refractivity contribution in [3.63, 3.8) is 0 Å². The van der Waals surface area contributed by atoms with Crippen LogP contribution >= 0.6 is 15.9 Å². The summed E-state index contributed by atoms with van der Waals surface area (Å²) < 4.78 is 1.09. The number of hydrogen-bond acceptors (Lipinski definition) is 3. The van der Waals surface area contributed by atoms with Crippen molar-refractivity contribution in [3.05, 3.63) is 28.7 Å². The van der Waals surface area contributed by atoms with Gasteiger partial charge in [0.05, 0.1) is 12.2 Å². The number of nitrogens with two attached hydrogens (primary N) is 1. The average molecular weight is 298 g/mol. The minimum absolute atomic E-state index is 0.0610. The summed E-state index contributed by atoms with van der Waals surface area (Å²) in [7, 11) is 0. The number of para-hydroxylation sites is 1. The van der Waals surface area contributed by atoms with Crippen molar-refractivity contribution in [3.8, 4) is 0 Å². The molecular formula is C12H16BrN3O. The summed E-state index contributed by atoms with van der Waals surface area (Å²) >= 11 is 3.54. The highest BCUT2D eigenvalue weighted by molar-refractivity contribution is 9.10. The van der Waals surface area contributed by atoms with Crippen molar-refractivity contribution < 1.29 is 4.79 Å². The van der Waals surface area contributed by atoms with Gasteiger partial charge in [-0.05, 0) is 34.5 Å². The molecule has 0 radical (unpaired) electrons. The summed E-state index contributed by atoms with van der Waals surface area (Å²) in [6.07, 6.45) is 0.965. The molecule has 1 amide bonds. The van der Waals surface area contributed by atoms with E-state index in [1.165, 1.54) is 5.69 Å². The molecule has 1 saturated heterocycles. The number of amides is 1. The second-order valence-corrected chi connectivity index (χ2v) is 5.01. The largest absolute Gasteiger partial charge is 0.368 e. The minimum Gasteiger partial charge on any atom is -0.368 e. The molecular weight excluding hydrogens is 282 g/mol. The Labute approximate surface area is 109 Å². The number of carbonyl (C=O) groups excluding carboxylic acids is 1. The van der Waals surface area contributed by atoms with Gasteiger partial charge in [0.2, 0.25) is 5.91 Å². The number of nitrogens with zero attached hydrogens (tertiary/aromatic N) is 1. The molecule has 0 aliphatic carbocycles. The molecule has 1 aliphatic rings. The van der Waals surface area contributed by atoms with Crippen LogP contribution in [-0.2, 0) is 4.79 Å². The van der Waals surface area contributed by atoms with E-state index in [1.807, 2.05) is 18.2 Å². The molecule has 0 aromatic heterocycles. The monoisotopic (exact) mass is 297 g/mol. The van der Waals surface area contributed by atoms with Gasteiger partial charge in [0.25, 0.3) is 0 Å². The van der Waals surface area contributed by atoms with E-state index in [2.05, 4.69) is 32.2 Å². The van der Waals surface area contributed by atoms with E-state index in [0.717, 1.165) is 24.0 Å². The first-order valence-electron chi connectivity index (χ1n) is 5.69. The van der Waals surface area contributed by atoms with Crippen molar-refractivity contribution in [2.75, 3.05) is 24.5 Å². The molecule has 4 nitrogen and oxygen atoms in total. The van der Waals surface area contributed by atoms with Gasteiger partial charge in [-0.2, -0.15) is 0 Å². The van der Waals surface area contributed by atoms with E-state index in [1.54, 1.807) is 0 Å². The number of nitrogens with one attached hydrogen (secondary N) is 1. The molecule has 1 unspecified atom stereocenters. The average Bonchev–Trinajstić information content (AvgIpc) is 2.78. The Kier molecular flexibility index (Phi) is 4.02. The molecule has 1 atom stereocenters. The lowest BCUT2D eigenvalue weighted by Gasteiger charge is -2.20. The maximum Gasteiger partial charge on any atom is 0.234 e. The van der Waals surface area contributed by atoms with E-state index in [4.69, 9.17) is 5.73 Å².